The van der Waals surface area contributed by atoms with Crippen molar-refractivity contribution in [2.24, 2.45) is 0 Å². The fourth-order valence-corrected chi connectivity index (χ4v) is 1.93. The van der Waals surface area contributed by atoms with Gasteiger partial charge in [-0.25, -0.2) is 0 Å². The summed E-state index contributed by atoms with van der Waals surface area (Å²) in [4.78, 5) is 2.54. The number of hydrogen-bond donors (Lipinski definition) is 0. The Morgan fingerprint density at radius 3 is 2.23 bits per heavy atom. The van der Waals surface area contributed by atoms with Gasteiger partial charge in [0.25, 0.3) is 0 Å². The van der Waals surface area contributed by atoms with Crippen LogP contribution in [0.5, 0.6) is 0 Å². The summed E-state index contributed by atoms with van der Waals surface area (Å²) in [7, 11) is 0. The molecular weight excluding hydrogens is 276 g/mol. The molecule has 0 spiro atoms. The fraction of sp³-hybridized carbons (Fsp3) is 0.333. The van der Waals surface area contributed by atoms with E-state index < -0.39 is 0 Å². The molecule has 0 fully saturated rings. The van der Waals surface area contributed by atoms with Gasteiger partial charge < -0.3 is 17.0 Å². The van der Waals surface area contributed by atoms with E-state index in [2.05, 4.69) is 37.6 Å². The van der Waals surface area contributed by atoms with Crippen molar-refractivity contribution < 1.29 is 17.0 Å². The van der Waals surface area contributed by atoms with Crippen LogP contribution in [0.4, 0.5) is 0 Å². The zero-order valence-electron chi connectivity index (χ0n) is 8.06. The summed E-state index contributed by atoms with van der Waals surface area (Å²) in [5.74, 6) is 0. The van der Waals surface area contributed by atoms with Crippen molar-refractivity contribution in [3.63, 3.8) is 0 Å². The number of halogens is 1. The van der Waals surface area contributed by atoms with E-state index in [-0.39, 0.29) is 40.0 Å². The van der Waals surface area contributed by atoms with Crippen LogP contribution in [0.15, 0.2) is 21.9 Å². The van der Waals surface area contributed by atoms with Crippen LogP contribution in [-0.4, -0.2) is 35.6 Å². The molecular formula is C9H11BrMgS2. The SMILES string of the molecule is CSc1[c-]cc(SC)c(C)c1.[Br-].[Mg+2]. The van der Waals surface area contributed by atoms with E-state index in [1.54, 1.807) is 23.5 Å². The second kappa shape index (κ2) is 8.47. The molecule has 1 rings (SSSR count). The molecule has 0 amide bonds. The smallest absolute Gasteiger partial charge is 1.00 e. The van der Waals surface area contributed by atoms with Gasteiger partial charge in [-0.05, 0) is 12.5 Å². The molecule has 0 unspecified atom stereocenters. The van der Waals surface area contributed by atoms with Crippen LogP contribution in [0.1, 0.15) is 5.56 Å². The average Bonchev–Trinajstić information content (AvgIpc) is 2.04. The molecule has 0 nitrogen and oxygen atoms in total. The van der Waals surface area contributed by atoms with Gasteiger partial charge in [-0.1, -0.05) is 11.8 Å². The molecule has 0 bridgehead atoms. The molecule has 0 aliphatic carbocycles. The Hall–Kier alpha value is 1.17. The number of aryl methyl sites for hydroxylation is 1. The van der Waals surface area contributed by atoms with Crippen molar-refractivity contribution in [2.75, 3.05) is 12.5 Å². The van der Waals surface area contributed by atoms with E-state index in [9.17, 15) is 0 Å². The predicted octanol–water partition coefficient (Wildman–Crippen LogP) is -0.138. The van der Waals surface area contributed by atoms with Crippen LogP contribution < -0.4 is 17.0 Å². The van der Waals surface area contributed by atoms with Crippen molar-refractivity contribution in [1.29, 1.82) is 0 Å². The van der Waals surface area contributed by atoms with Gasteiger partial charge in [0.2, 0.25) is 0 Å². The topological polar surface area (TPSA) is 0 Å². The molecule has 0 aliphatic heterocycles. The van der Waals surface area contributed by atoms with Crippen LogP contribution in [0.25, 0.3) is 0 Å². The van der Waals surface area contributed by atoms with Gasteiger partial charge in [-0.2, -0.15) is 41.7 Å². The second-order valence-electron chi connectivity index (χ2n) is 2.25. The summed E-state index contributed by atoms with van der Waals surface area (Å²) in [6, 6.07) is 7.46. The summed E-state index contributed by atoms with van der Waals surface area (Å²) in [5, 5.41) is 0. The zero-order chi connectivity index (χ0) is 8.27. The average molecular weight is 288 g/mol. The molecule has 0 atom stereocenters. The summed E-state index contributed by atoms with van der Waals surface area (Å²) < 4.78 is 0. The van der Waals surface area contributed by atoms with Crippen LogP contribution in [-0.2, 0) is 0 Å². The maximum atomic E-state index is 3.22. The largest absolute Gasteiger partial charge is 2.00 e. The minimum atomic E-state index is 0. The first-order chi connectivity index (χ1) is 5.27. The van der Waals surface area contributed by atoms with Gasteiger partial charge in [0.15, 0.2) is 0 Å². The van der Waals surface area contributed by atoms with Gasteiger partial charge in [-0.15, -0.1) is 10.5 Å². The van der Waals surface area contributed by atoms with E-state index in [1.165, 1.54) is 15.4 Å². The summed E-state index contributed by atoms with van der Waals surface area (Å²) >= 11 is 3.51. The van der Waals surface area contributed by atoms with Crippen LogP contribution in [0.2, 0.25) is 0 Å². The molecule has 4 heteroatoms. The Bertz CT molecular complexity index is 253. The Morgan fingerprint density at radius 2 is 1.85 bits per heavy atom. The Morgan fingerprint density at radius 1 is 1.23 bits per heavy atom. The number of rotatable bonds is 2. The predicted molar refractivity (Wildman–Crippen MR) is 59.3 cm³/mol. The first-order valence-electron chi connectivity index (χ1n) is 3.38. The standard InChI is InChI=1S/C9H11S2.BrH.Mg/c1-7-6-8(10-2)4-5-9(7)11-3;;/h5-6H,1-3H3;1H;/q-1;;+2/p-1. The minimum Gasteiger partial charge on any atom is -1.00 e. The third-order valence-electron chi connectivity index (χ3n) is 1.52. The van der Waals surface area contributed by atoms with E-state index in [4.69, 9.17) is 0 Å². The molecule has 13 heavy (non-hydrogen) atoms. The van der Waals surface area contributed by atoms with Gasteiger partial charge in [0.1, 0.15) is 0 Å². The molecule has 0 aromatic heterocycles. The molecule has 68 valence electrons. The summed E-state index contributed by atoms with van der Waals surface area (Å²) in [6.45, 7) is 2.14. The summed E-state index contributed by atoms with van der Waals surface area (Å²) in [5.41, 5.74) is 1.35. The van der Waals surface area contributed by atoms with Crippen molar-refractivity contribution >= 4 is 46.6 Å². The molecule has 0 N–H and O–H groups in total. The minimum absolute atomic E-state index is 0. The van der Waals surface area contributed by atoms with Gasteiger partial charge in [0.05, 0.1) is 0 Å². The monoisotopic (exact) mass is 286 g/mol. The molecule has 0 aliphatic rings. The second-order valence-corrected chi connectivity index (χ2v) is 3.95. The quantitative estimate of drug-likeness (QED) is 0.422. The normalized spacial score (nSPS) is 8.54. The molecule has 1 aromatic rings. The van der Waals surface area contributed by atoms with Crippen molar-refractivity contribution in [1.82, 2.24) is 0 Å². The van der Waals surface area contributed by atoms with Crippen LogP contribution in [0.3, 0.4) is 0 Å². The third kappa shape index (κ3) is 4.97. The number of benzene rings is 1. The van der Waals surface area contributed by atoms with Crippen molar-refractivity contribution in [2.45, 2.75) is 16.7 Å². The van der Waals surface area contributed by atoms with Crippen LogP contribution in [0, 0.1) is 13.0 Å². The van der Waals surface area contributed by atoms with E-state index >= 15 is 0 Å². The van der Waals surface area contributed by atoms with Crippen molar-refractivity contribution in [3.05, 3.63) is 23.8 Å². The van der Waals surface area contributed by atoms with E-state index in [1.807, 2.05) is 0 Å². The van der Waals surface area contributed by atoms with E-state index in [0.717, 1.165) is 0 Å². The molecule has 0 heterocycles. The maximum Gasteiger partial charge on any atom is 2.00 e. The Balaban J connectivity index is 0. The van der Waals surface area contributed by atoms with Crippen LogP contribution >= 0.6 is 23.5 Å². The Labute approximate surface area is 116 Å². The zero-order valence-corrected chi connectivity index (χ0v) is 12.7. The maximum absolute atomic E-state index is 3.22. The third-order valence-corrected chi connectivity index (χ3v) is 3.08. The van der Waals surface area contributed by atoms with Gasteiger partial charge in [-0.3, -0.25) is 0 Å². The van der Waals surface area contributed by atoms with E-state index in [0.29, 0.717) is 0 Å². The van der Waals surface area contributed by atoms with Gasteiger partial charge >= 0.3 is 23.1 Å². The summed E-state index contributed by atoms with van der Waals surface area (Å²) in [6.07, 6.45) is 4.17. The molecule has 0 saturated heterocycles. The molecule has 1 aromatic carbocycles. The molecule has 0 saturated carbocycles. The number of hydrogen-bond acceptors (Lipinski definition) is 2. The first kappa shape index (κ1) is 16.6. The molecule has 0 radical (unpaired) electrons. The first-order valence-corrected chi connectivity index (χ1v) is 5.83. The Kier molecular flexibility index (Phi) is 10.8. The van der Waals surface area contributed by atoms with Gasteiger partial charge in [0, 0.05) is 0 Å². The van der Waals surface area contributed by atoms with Crippen molar-refractivity contribution in [3.8, 4) is 0 Å². The number of thioether (sulfide) groups is 2. The fourth-order valence-electron chi connectivity index (χ4n) is 0.898.